The minimum absolute atomic E-state index is 0.0636. The molecule has 7 aliphatic rings. The molecule has 7 aliphatic heterocycles. The number of carboxylic acid groups (broad SMARTS) is 1. The molecule has 18 N–H and O–H groups in total. The molecule has 7 heterocycles. The lowest BCUT2D eigenvalue weighted by Gasteiger charge is -2.48. The Bertz CT molecular complexity index is 5040. The van der Waals surface area contributed by atoms with Crippen LogP contribution < -0.4 is 57.2 Å². The number of ether oxygens (including phenoxy) is 6. The first kappa shape index (κ1) is 92.7. The van der Waals surface area contributed by atoms with Crippen LogP contribution in [0.5, 0.6) is 46.0 Å². The van der Waals surface area contributed by atoms with Crippen molar-refractivity contribution in [1.29, 1.82) is 0 Å². The van der Waals surface area contributed by atoms with Gasteiger partial charge in [-0.25, -0.2) is 4.79 Å². The van der Waals surface area contributed by atoms with Crippen molar-refractivity contribution < 1.29 is 125 Å². The van der Waals surface area contributed by atoms with Crippen LogP contribution in [0.15, 0.2) is 95.9 Å². The van der Waals surface area contributed by atoms with Crippen molar-refractivity contribution >= 4 is 80.6 Å². The number of carboxylic acids is 1. The van der Waals surface area contributed by atoms with Gasteiger partial charge in [0.2, 0.25) is 53.4 Å². The van der Waals surface area contributed by atoms with Crippen LogP contribution in [0.3, 0.4) is 0 Å². The van der Waals surface area contributed by atoms with Gasteiger partial charge < -0.3 is 117 Å². The van der Waals surface area contributed by atoms with E-state index in [-0.39, 0.29) is 51.1 Å². The maximum absolute atomic E-state index is 16.4. The van der Waals surface area contributed by atoms with Crippen LogP contribution in [-0.2, 0) is 66.9 Å². The van der Waals surface area contributed by atoms with Crippen LogP contribution in [0.1, 0.15) is 187 Å². The van der Waals surface area contributed by atoms with Gasteiger partial charge in [0.1, 0.15) is 89.5 Å². The molecule has 13 rings (SSSR count). The zero-order valence-electron chi connectivity index (χ0n) is 68.5. The van der Waals surface area contributed by atoms with Gasteiger partial charge in [-0.1, -0.05) is 132 Å². The van der Waals surface area contributed by atoms with E-state index >= 15 is 19.2 Å². The molecule has 122 heavy (non-hydrogen) atoms. The number of nitrogens with one attached hydrogen (secondary N) is 7. The molecule has 0 spiro atoms. The summed E-state index contributed by atoms with van der Waals surface area (Å²) in [6.45, 7) is 15.0. The molecule has 0 aliphatic carbocycles. The van der Waals surface area contributed by atoms with Crippen LogP contribution in [-0.4, -0.2) is 188 Å². The number of primary amides is 1. The number of carbonyl (C=O) groups excluding carboxylic acids is 7. The molecule has 37 heteroatoms. The number of aliphatic carboxylic acids is 1. The predicted molar refractivity (Wildman–Crippen MR) is 439 cm³/mol. The third-order valence-corrected chi connectivity index (χ3v) is 24.4. The Morgan fingerprint density at radius 1 is 0.664 bits per heavy atom. The van der Waals surface area contributed by atoms with Crippen molar-refractivity contribution in [3.63, 3.8) is 0 Å². The summed E-state index contributed by atoms with van der Waals surface area (Å²) >= 11 is 14.4. The average molecular weight is 1760 g/mol. The number of amides is 7. The number of aliphatic hydroxyl groups excluding tert-OH is 5. The first-order valence-electron chi connectivity index (χ1n) is 40.3. The van der Waals surface area contributed by atoms with Crippen molar-refractivity contribution in [2.75, 3.05) is 13.2 Å². The van der Waals surface area contributed by atoms with Gasteiger partial charge in [-0.05, 0) is 148 Å². The van der Waals surface area contributed by atoms with Gasteiger partial charge in [-0.2, -0.15) is 8.42 Å². The van der Waals surface area contributed by atoms with E-state index in [2.05, 4.69) is 44.1 Å². The van der Waals surface area contributed by atoms with E-state index < -0.39 is 247 Å². The average Bonchev–Trinajstić information content (AvgIpc) is 0.756. The van der Waals surface area contributed by atoms with Gasteiger partial charge in [0.25, 0.3) is 10.1 Å². The van der Waals surface area contributed by atoms with E-state index in [4.69, 9.17) is 61.5 Å². The summed E-state index contributed by atoms with van der Waals surface area (Å²) in [6.07, 6.45) is -11.2. The Morgan fingerprint density at radius 2 is 1.25 bits per heavy atom. The molecule has 11 bridgehead atoms. The third-order valence-electron chi connectivity index (χ3n) is 22.3. The monoisotopic (exact) mass is 1750 g/mol. The summed E-state index contributed by atoms with van der Waals surface area (Å²) in [5.41, 5.74) is 3.01. The maximum atomic E-state index is 16.4. The topological polar surface area (TPSA) is 528 Å². The zero-order chi connectivity index (χ0) is 88.8. The highest BCUT2D eigenvalue weighted by molar-refractivity contribution is 7.86. The summed E-state index contributed by atoms with van der Waals surface area (Å²) in [4.78, 5) is 118. The standard InChI is InChI=1S/C85H104Cl2N8O26S/c1-10-11-12-13-14-15-16-17-24-89-85(9)36-62(116-43(8)76(85)104)120-74-72(103)71(102)60(37-115-122(113,114)75-40(5)26-39(4)27-41(75)6)119-84(74)121-73-58-31-47-32-59(73)118-57-23-20-46(30-52(57)87)70(101)68-82(110)93-66(83(111)112)50-33-48(96)34-55(98)63(50)49-28-44(18-21-54(49)97)64(79(107)95-68)92-80(108)65(47)91-78(106)53(35-61(88)99)90-81(109)67(94-77(105)42(7)25-38(2)3)69(100)45-19-22-56(117-58)51(86)29-45/h18-23,26-34,38,42-43,53,60,62,64-72,74,76,84,89,96-98,100-104H,10-17,24-25,35-37H2,1-9H3,(H2,88,99)(H,90,109)(H,91,106)(H,92,108)(H,93,110)(H,94,105)(H,95,107)(H,111,112)/t42-,43?,53+,60?,62?,64?,65-,66-,67-,68+,69-,70-,71?,72?,74?,76?,84?,85?/m1/s1. The number of aryl methyl sites for hydroxylation is 3. The van der Waals surface area contributed by atoms with E-state index in [1.807, 2.05) is 13.8 Å². The van der Waals surface area contributed by atoms with Crippen LogP contribution >= 0.6 is 23.2 Å². The van der Waals surface area contributed by atoms with Crippen molar-refractivity contribution in [2.24, 2.45) is 17.6 Å². The number of benzene rings is 6. The molecule has 0 radical (unpaired) electrons. The fraction of sp³-hybridized carbons (Fsp3) is 0.482. The molecular weight excluding hydrogens is 1650 g/mol. The molecule has 34 nitrogen and oxygen atoms in total. The molecule has 2 fully saturated rings. The largest absolute Gasteiger partial charge is 0.508 e. The van der Waals surface area contributed by atoms with E-state index in [1.165, 1.54) is 12.1 Å². The van der Waals surface area contributed by atoms with Gasteiger partial charge in [-0.15, -0.1) is 0 Å². The fourth-order valence-corrected chi connectivity index (χ4v) is 17.9. The molecule has 18 atom stereocenters. The van der Waals surface area contributed by atoms with Gasteiger partial charge in [0, 0.05) is 40.6 Å². The number of phenols is 3. The predicted octanol–water partition coefficient (Wildman–Crippen LogP) is 7.26. The highest BCUT2D eigenvalue weighted by Crippen LogP contribution is 2.50. The maximum Gasteiger partial charge on any atom is 0.330 e. The van der Waals surface area contributed by atoms with Gasteiger partial charge in [0.15, 0.2) is 29.9 Å². The van der Waals surface area contributed by atoms with Crippen molar-refractivity contribution in [2.45, 2.75) is 241 Å². The third kappa shape index (κ3) is 21.3. The summed E-state index contributed by atoms with van der Waals surface area (Å²) in [7, 11) is -4.76. The lowest BCUT2D eigenvalue weighted by molar-refractivity contribution is -0.334. The Labute approximate surface area is 713 Å². The van der Waals surface area contributed by atoms with Crippen LogP contribution in [0.2, 0.25) is 10.0 Å². The minimum Gasteiger partial charge on any atom is -0.508 e. The Kier molecular flexibility index (Phi) is 29.8. The summed E-state index contributed by atoms with van der Waals surface area (Å²) in [6, 6.07) is 3.38. The summed E-state index contributed by atoms with van der Waals surface area (Å²) in [5, 5.41) is 124. The Morgan fingerprint density at radius 3 is 1.86 bits per heavy atom. The van der Waals surface area contributed by atoms with Gasteiger partial charge >= 0.3 is 5.97 Å². The smallest absolute Gasteiger partial charge is 0.330 e. The Hall–Kier alpha value is -9.99. The second-order valence-electron chi connectivity index (χ2n) is 32.4. The SMILES string of the molecule is CCCCCCCCCCNC1(C)CC(OC2C(Oc3c4cc5cc3Oc3ccc(cc3Cl)[C@@H](O)[C@@H](NC(=O)[C@H](C)CC(C)C)C(=O)N[C@@H](CC(N)=O)C(=O)N[C@H]5C(=O)NC3C(=O)N[C@H](C(=O)N[C@@H](C(=O)O)c5cc(O)cc(O)c5-c5cc3ccc5O)[C@H](O)c3ccc(c(Cl)c3)O4)OC(COS(=O)(=O)c3c(C)cc(C)cc3C)C(O)C2O)OC(C)C1O. The molecule has 0 saturated carbocycles. The lowest BCUT2D eigenvalue weighted by Crippen LogP contribution is -2.65. The number of carbonyl (C=O) groups is 8. The van der Waals surface area contributed by atoms with Gasteiger partial charge in [-0.3, -0.25) is 37.7 Å². The highest BCUT2D eigenvalue weighted by Gasteiger charge is 2.53. The zero-order valence-corrected chi connectivity index (χ0v) is 70.8. The molecule has 6 aromatic carbocycles. The number of unbranched alkanes of at least 4 members (excludes halogenated alkanes) is 7. The van der Waals surface area contributed by atoms with E-state index in [1.54, 1.807) is 53.7 Å². The molecule has 660 valence electrons. The van der Waals surface area contributed by atoms with Crippen LogP contribution in [0.25, 0.3) is 11.1 Å². The molecule has 0 aromatic heterocycles. The van der Waals surface area contributed by atoms with Crippen LogP contribution in [0, 0.1) is 32.6 Å². The second-order valence-corrected chi connectivity index (χ2v) is 34.7. The first-order chi connectivity index (χ1) is 57.6. The van der Waals surface area contributed by atoms with E-state index in [0.717, 1.165) is 124 Å². The number of phenolic OH excluding ortho intramolecular Hbond substituents is 3. The van der Waals surface area contributed by atoms with Crippen molar-refractivity contribution in [1.82, 2.24) is 37.2 Å². The minimum atomic E-state index is -4.76. The number of aromatic hydroxyl groups is 3. The van der Waals surface area contributed by atoms with E-state index in [9.17, 15) is 73.6 Å². The number of nitrogens with two attached hydrogens (primary N) is 1. The molecule has 2 saturated heterocycles. The molecule has 6 aromatic rings. The normalized spacial score (nSPS) is 26.5. The number of fused-ring (bicyclic) bond motifs is 15. The van der Waals surface area contributed by atoms with Gasteiger partial charge in [0.05, 0.1) is 40.2 Å². The van der Waals surface area contributed by atoms with E-state index in [0.29, 0.717) is 17.7 Å². The lowest BCUT2D eigenvalue weighted by atomic mass is 9.84. The Balaban J connectivity index is 1.14. The summed E-state index contributed by atoms with van der Waals surface area (Å²) in [5.74, 6) is -17.0. The summed E-state index contributed by atoms with van der Waals surface area (Å²) < 4.78 is 74.8. The number of halogens is 2. The quantitative estimate of drug-likeness (QED) is 0.0198. The second kappa shape index (κ2) is 39.2. The number of hydrogen-bond donors (Lipinski definition) is 17. The fourth-order valence-electron chi connectivity index (χ4n) is 16.1. The molecule has 10 unspecified atom stereocenters. The van der Waals surface area contributed by atoms with Crippen molar-refractivity contribution in [3.05, 3.63) is 146 Å². The number of rotatable bonds is 25. The number of hydrogen-bond acceptors (Lipinski definition) is 26. The highest BCUT2D eigenvalue weighted by atomic mass is 35.5. The number of aliphatic hydroxyl groups is 5. The van der Waals surface area contributed by atoms with Crippen LogP contribution in [0.4, 0.5) is 0 Å². The molecular formula is C85H104Cl2N8O26S. The van der Waals surface area contributed by atoms with Crippen molar-refractivity contribution in [3.8, 4) is 57.1 Å². The molecule has 7 amide bonds. The first-order valence-corrected chi connectivity index (χ1v) is 42.4.